The highest BCUT2D eigenvalue weighted by Crippen LogP contribution is 2.28. The van der Waals surface area contributed by atoms with Gasteiger partial charge in [0.1, 0.15) is 0 Å². The van der Waals surface area contributed by atoms with Crippen molar-refractivity contribution in [1.82, 2.24) is 4.90 Å². The summed E-state index contributed by atoms with van der Waals surface area (Å²) in [5.74, 6) is 0.874. The lowest BCUT2D eigenvalue weighted by Crippen LogP contribution is -2.23. The summed E-state index contributed by atoms with van der Waals surface area (Å²) in [7, 11) is 2.23. The normalized spacial score (nSPS) is 16.6. The Morgan fingerprint density at radius 1 is 1.25 bits per heavy atom. The molecule has 0 amide bonds. The molecule has 20 heavy (non-hydrogen) atoms. The van der Waals surface area contributed by atoms with Crippen molar-refractivity contribution < 1.29 is 0 Å². The van der Waals surface area contributed by atoms with Crippen LogP contribution in [0.5, 0.6) is 0 Å². The van der Waals surface area contributed by atoms with Gasteiger partial charge in [-0.25, -0.2) is 0 Å². The van der Waals surface area contributed by atoms with Gasteiger partial charge in [0, 0.05) is 25.0 Å². The smallest absolute Gasteiger partial charge is 0.0396 e. The summed E-state index contributed by atoms with van der Waals surface area (Å²) in [5.41, 5.74) is 9.28. The summed E-state index contributed by atoms with van der Waals surface area (Å²) in [6.07, 6.45) is 10.3. The SMILES string of the molecule is CCC/C=C(/c1ccc(N)cc1)N(C)CC1CCCC1. The van der Waals surface area contributed by atoms with Gasteiger partial charge in [0.05, 0.1) is 0 Å². The van der Waals surface area contributed by atoms with Crippen LogP contribution in [0.4, 0.5) is 5.69 Å². The Bertz CT molecular complexity index is 427. The predicted octanol–water partition coefficient (Wildman–Crippen LogP) is 4.53. The number of benzene rings is 1. The Morgan fingerprint density at radius 2 is 1.90 bits per heavy atom. The minimum absolute atomic E-state index is 0.835. The van der Waals surface area contributed by atoms with Gasteiger partial charge in [0.15, 0.2) is 0 Å². The molecule has 0 saturated heterocycles. The predicted molar refractivity (Wildman–Crippen MR) is 88.3 cm³/mol. The van der Waals surface area contributed by atoms with Crippen LogP contribution in [0, 0.1) is 5.92 Å². The maximum atomic E-state index is 5.80. The fraction of sp³-hybridized carbons (Fsp3) is 0.556. The molecule has 2 N–H and O–H groups in total. The molecular weight excluding hydrogens is 244 g/mol. The maximum Gasteiger partial charge on any atom is 0.0396 e. The molecule has 0 atom stereocenters. The molecule has 0 bridgehead atoms. The number of allylic oxidation sites excluding steroid dienone is 1. The van der Waals surface area contributed by atoms with Crippen molar-refractivity contribution in [2.75, 3.05) is 19.3 Å². The van der Waals surface area contributed by atoms with Crippen molar-refractivity contribution in [3.8, 4) is 0 Å². The van der Waals surface area contributed by atoms with E-state index in [1.54, 1.807) is 0 Å². The van der Waals surface area contributed by atoms with Crippen molar-refractivity contribution in [3.63, 3.8) is 0 Å². The van der Waals surface area contributed by atoms with E-state index in [1.165, 1.54) is 49.9 Å². The molecule has 1 aliphatic carbocycles. The molecule has 0 radical (unpaired) electrons. The van der Waals surface area contributed by atoms with Crippen molar-refractivity contribution in [2.24, 2.45) is 5.92 Å². The summed E-state index contributed by atoms with van der Waals surface area (Å²) in [4.78, 5) is 2.44. The van der Waals surface area contributed by atoms with Crippen LogP contribution >= 0.6 is 0 Å². The number of nitrogens with zero attached hydrogens (tertiary/aromatic N) is 1. The van der Waals surface area contributed by atoms with Crippen LogP contribution in [0.15, 0.2) is 30.3 Å². The second kappa shape index (κ2) is 7.37. The number of nitrogen functional groups attached to an aromatic ring is 1. The van der Waals surface area contributed by atoms with Crippen LogP contribution in [0.3, 0.4) is 0 Å². The largest absolute Gasteiger partial charge is 0.399 e. The van der Waals surface area contributed by atoms with Gasteiger partial charge >= 0.3 is 0 Å². The highest BCUT2D eigenvalue weighted by molar-refractivity contribution is 5.65. The minimum Gasteiger partial charge on any atom is -0.399 e. The summed E-state index contributed by atoms with van der Waals surface area (Å²) in [6.45, 7) is 3.41. The van der Waals surface area contributed by atoms with Gasteiger partial charge in [-0.1, -0.05) is 44.4 Å². The number of unbranched alkanes of at least 4 members (excludes halogenated alkanes) is 1. The molecule has 2 nitrogen and oxygen atoms in total. The summed E-state index contributed by atoms with van der Waals surface area (Å²) in [6, 6.07) is 8.28. The Hall–Kier alpha value is -1.44. The third-order valence-corrected chi connectivity index (χ3v) is 4.25. The van der Waals surface area contributed by atoms with Gasteiger partial charge in [-0.3, -0.25) is 0 Å². The highest BCUT2D eigenvalue weighted by Gasteiger charge is 2.18. The van der Waals surface area contributed by atoms with E-state index in [0.717, 1.165) is 18.0 Å². The van der Waals surface area contributed by atoms with E-state index in [1.807, 2.05) is 12.1 Å². The molecule has 2 heteroatoms. The van der Waals surface area contributed by atoms with Crippen molar-refractivity contribution >= 4 is 11.4 Å². The average Bonchev–Trinajstić information content (AvgIpc) is 2.94. The minimum atomic E-state index is 0.835. The molecule has 0 unspecified atom stereocenters. The molecule has 1 aromatic carbocycles. The van der Waals surface area contributed by atoms with Gasteiger partial charge in [0.2, 0.25) is 0 Å². The zero-order chi connectivity index (χ0) is 14.4. The maximum absolute atomic E-state index is 5.80. The van der Waals surface area contributed by atoms with Crippen molar-refractivity contribution in [1.29, 1.82) is 0 Å². The van der Waals surface area contributed by atoms with E-state index < -0.39 is 0 Å². The number of nitrogens with two attached hydrogens (primary N) is 1. The zero-order valence-corrected chi connectivity index (χ0v) is 12.9. The number of rotatable bonds is 6. The number of hydrogen-bond acceptors (Lipinski definition) is 2. The molecule has 1 aliphatic rings. The zero-order valence-electron chi connectivity index (χ0n) is 12.9. The molecule has 2 rings (SSSR count). The van der Waals surface area contributed by atoms with Gasteiger partial charge in [-0.15, -0.1) is 0 Å². The molecule has 0 heterocycles. The first kappa shape index (κ1) is 15.0. The van der Waals surface area contributed by atoms with E-state index in [0.29, 0.717) is 0 Å². The summed E-state index contributed by atoms with van der Waals surface area (Å²) < 4.78 is 0. The van der Waals surface area contributed by atoms with Crippen LogP contribution in [0.2, 0.25) is 0 Å². The Kier molecular flexibility index (Phi) is 5.51. The molecule has 0 aliphatic heterocycles. The van der Waals surface area contributed by atoms with Gasteiger partial charge in [-0.05, 0) is 42.9 Å². The van der Waals surface area contributed by atoms with Crippen LogP contribution in [0.25, 0.3) is 5.70 Å². The van der Waals surface area contributed by atoms with E-state index in [2.05, 4.69) is 37.1 Å². The monoisotopic (exact) mass is 272 g/mol. The van der Waals surface area contributed by atoms with Crippen LogP contribution < -0.4 is 5.73 Å². The summed E-state index contributed by atoms with van der Waals surface area (Å²) in [5, 5.41) is 0. The van der Waals surface area contributed by atoms with Crippen LogP contribution in [0.1, 0.15) is 51.0 Å². The average molecular weight is 272 g/mol. The number of anilines is 1. The first-order valence-electron chi connectivity index (χ1n) is 7.98. The standard InChI is InChI=1S/C18H28N2/c1-3-4-9-18(16-10-12-17(19)13-11-16)20(2)14-15-7-5-6-8-15/h9-13,15H,3-8,14,19H2,1-2H3/b18-9-. The molecule has 110 valence electrons. The third-order valence-electron chi connectivity index (χ3n) is 4.25. The Balaban J connectivity index is 2.11. The van der Waals surface area contributed by atoms with E-state index in [-0.39, 0.29) is 0 Å². The van der Waals surface area contributed by atoms with Crippen molar-refractivity contribution in [3.05, 3.63) is 35.9 Å². The molecule has 0 aromatic heterocycles. The van der Waals surface area contributed by atoms with Gasteiger partial charge in [-0.2, -0.15) is 0 Å². The fourth-order valence-corrected chi connectivity index (χ4v) is 3.11. The van der Waals surface area contributed by atoms with E-state index in [9.17, 15) is 0 Å². The molecule has 1 fully saturated rings. The van der Waals surface area contributed by atoms with Crippen LogP contribution in [-0.2, 0) is 0 Å². The topological polar surface area (TPSA) is 29.3 Å². The fourth-order valence-electron chi connectivity index (χ4n) is 3.11. The highest BCUT2D eigenvalue weighted by atomic mass is 15.1. The van der Waals surface area contributed by atoms with E-state index in [4.69, 9.17) is 5.73 Å². The lowest BCUT2D eigenvalue weighted by atomic mass is 10.0. The first-order chi connectivity index (χ1) is 9.70. The molecule has 0 spiro atoms. The Morgan fingerprint density at radius 3 is 2.50 bits per heavy atom. The lowest BCUT2D eigenvalue weighted by molar-refractivity contribution is 0.373. The second-order valence-corrected chi connectivity index (χ2v) is 6.03. The van der Waals surface area contributed by atoms with Crippen molar-refractivity contribution in [2.45, 2.75) is 45.4 Å². The first-order valence-corrected chi connectivity index (χ1v) is 7.98. The number of hydrogen-bond donors (Lipinski definition) is 1. The molecule has 1 aromatic rings. The Labute approximate surface area is 123 Å². The lowest BCUT2D eigenvalue weighted by Gasteiger charge is -2.26. The quantitative estimate of drug-likeness (QED) is 0.771. The van der Waals surface area contributed by atoms with Gasteiger partial charge in [0.25, 0.3) is 0 Å². The molecular formula is C18H28N2. The summed E-state index contributed by atoms with van der Waals surface area (Å²) >= 11 is 0. The second-order valence-electron chi connectivity index (χ2n) is 6.03. The molecule has 1 saturated carbocycles. The van der Waals surface area contributed by atoms with Crippen LogP contribution in [-0.4, -0.2) is 18.5 Å². The third kappa shape index (κ3) is 4.03. The van der Waals surface area contributed by atoms with E-state index >= 15 is 0 Å². The van der Waals surface area contributed by atoms with Gasteiger partial charge < -0.3 is 10.6 Å².